The number of nitrogens with zero attached hydrogens (tertiary/aromatic N) is 4. The molecule has 8 heteroatoms. The second-order valence-corrected chi connectivity index (χ2v) is 11.4. The highest BCUT2D eigenvalue weighted by Crippen LogP contribution is 2.30. The van der Waals surface area contributed by atoms with Gasteiger partial charge in [0.1, 0.15) is 11.4 Å². The van der Waals surface area contributed by atoms with Gasteiger partial charge in [-0.3, -0.25) is 13.8 Å². The SMILES string of the molecule is Cc1nn(C)c(C)c1S(=O)(=O)N(CC(=O)N1C[C@H](C)C[C@H](C)C1)c1ccc(C(C)C)cc1. The van der Waals surface area contributed by atoms with Crippen LogP contribution < -0.4 is 4.31 Å². The number of likely N-dealkylation sites (tertiary alicyclic amines) is 1. The Kier molecular flexibility index (Phi) is 7.03. The molecule has 1 aromatic carbocycles. The lowest BCUT2D eigenvalue weighted by Gasteiger charge is -2.36. The second kappa shape index (κ2) is 9.25. The van der Waals surface area contributed by atoms with Crippen molar-refractivity contribution in [2.24, 2.45) is 18.9 Å². The molecule has 176 valence electrons. The maximum atomic E-state index is 13.9. The predicted molar refractivity (Wildman–Crippen MR) is 127 cm³/mol. The van der Waals surface area contributed by atoms with Crippen LogP contribution in [-0.2, 0) is 21.9 Å². The lowest BCUT2D eigenvalue weighted by Crippen LogP contribution is -2.48. The van der Waals surface area contributed by atoms with Crippen LogP contribution >= 0.6 is 0 Å². The van der Waals surface area contributed by atoms with Gasteiger partial charge in [-0.1, -0.05) is 39.8 Å². The first-order chi connectivity index (χ1) is 14.9. The van der Waals surface area contributed by atoms with Crippen LogP contribution in [0.4, 0.5) is 5.69 Å². The fraction of sp³-hybridized carbons (Fsp3) is 0.583. The van der Waals surface area contributed by atoms with Crippen molar-refractivity contribution >= 4 is 21.6 Å². The van der Waals surface area contributed by atoms with E-state index in [4.69, 9.17) is 0 Å². The van der Waals surface area contributed by atoms with Crippen LogP contribution in [0.15, 0.2) is 29.2 Å². The third-order valence-electron chi connectivity index (χ3n) is 6.34. The van der Waals surface area contributed by atoms with E-state index < -0.39 is 10.0 Å². The zero-order valence-corrected chi connectivity index (χ0v) is 21.1. The van der Waals surface area contributed by atoms with E-state index in [-0.39, 0.29) is 17.3 Å². The number of piperidine rings is 1. The third kappa shape index (κ3) is 4.85. The van der Waals surface area contributed by atoms with Crippen molar-refractivity contribution in [1.82, 2.24) is 14.7 Å². The van der Waals surface area contributed by atoms with E-state index in [0.29, 0.717) is 47.9 Å². The topological polar surface area (TPSA) is 75.5 Å². The number of aryl methyl sites for hydroxylation is 2. The van der Waals surface area contributed by atoms with Crippen LogP contribution in [0.3, 0.4) is 0 Å². The molecule has 0 N–H and O–H groups in total. The van der Waals surface area contributed by atoms with Gasteiger partial charge in [-0.2, -0.15) is 5.10 Å². The largest absolute Gasteiger partial charge is 0.341 e. The minimum Gasteiger partial charge on any atom is -0.341 e. The Labute approximate surface area is 192 Å². The van der Waals surface area contributed by atoms with E-state index in [1.807, 2.05) is 17.0 Å². The van der Waals surface area contributed by atoms with Crippen molar-refractivity contribution in [2.45, 2.75) is 58.8 Å². The van der Waals surface area contributed by atoms with Crippen molar-refractivity contribution in [3.63, 3.8) is 0 Å². The number of anilines is 1. The van der Waals surface area contributed by atoms with Crippen LogP contribution in [0.1, 0.15) is 57.0 Å². The number of rotatable bonds is 6. The molecule has 2 aromatic rings. The highest BCUT2D eigenvalue weighted by molar-refractivity contribution is 7.93. The molecule has 2 atom stereocenters. The number of amides is 1. The monoisotopic (exact) mass is 460 g/mol. The van der Waals surface area contributed by atoms with Gasteiger partial charge in [0.05, 0.1) is 17.1 Å². The zero-order valence-electron chi connectivity index (χ0n) is 20.3. The van der Waals surface area contributed by atoms with Gasteiger partial charge >= 0.3 is 0 Å². The number of sulfonamides is 1. The summed E-state index contributed by atoms with van der Waals surface area (Å²) in [6, 6.07) is 7.45. The van der Waals surface area contributed by atoms with Gasteiger partial charge in [0.25, 0.3) is 10.0 Å². The first kappa shape index (κ1) is 24.3. The quantitative estimate of drug-likeness (QED) is 0.656. The Hall–Kier alpha value is -2.35. The summed E-state index contributed by atoms with van der Waals surface area (Å²) in [6.45, 7) is 13.0. The molecule has 0 aliphatic carbocycles. The molecule has 1 saturated heterocycles. The molecule has 2 heterocycles. The molecule has 0 radical (unpaired) electrons. The number of benzene rings is 1. The normalized spacial score (nSPS) is 19.4. The van der Waals surface area contributed by atoms with Crippen molar-refractivity contribution in [3.8, 4) is 0 Å². The molecule has 0 spiro atoms. The average molecular weight is 461 g/mol. The van der Waals surface area contributed by atoms with Crippen LogP contribution in [0.5, 0.6) is 0 Å². The highest BCUT2D eigenvalue weighted by Gasteiger charge is 2.34. The van der Waals surface area contributed by atoms with Gasteiger partial charge in [-0.25, -0.2) is 8.42 Å². The van der Waals surface area contributed by atoms with Gasteiger partial charge in [-0.15, -0.1) is 0 Å². The molecule has 1 amide bonds. The van der Waals surface area contributed by atoms with Gasteiger partial charge < -0.3 is 4.90 Å². The fourth-order valence-corrected chi connectivity index (χ4v) is 6.49. The molecule has 1 aliphatic heterocycles. The third-order valence-corrected chi connectivity index (χ3v) is 8.37. The Bertz CT molecular complexity index is 1060. The Morgan fingerprint density at radius 2 is 1.69 bits per heavy atom. The summed E-state index contributed by atoms with van der Waals surface area (Å²) in [5.41, 5.74) is 2.59. The van der Waals surface area contributed by atoms with E-state index in [2.05, 4.69) is 32.8 Å². The number of carbonyl (C=O) groups excluding carboxylic acids is 1. The standard InChI is InChI=1S/C24H36N4O3S/c1-16(2)21-8-10-22(11-9-21)28(15-23(29)27-13-17(3)12-18(4)14-27)32(30,31)24-19(5)25-26(7)20(24)6/h8-11,16-18H,12-15H2,1-7H3/t17-,18+. The van der Waals surface area contributed by atoms with Crippen molar-refractivity contribution in [3.05, 3.63) is 41.2 Å². The summed E-state index contributed by atoms with van der Waals surface area (Å²) in [7, 11) is -2.26. The number of carbonyl (C=O) groups is 1. The first-order valence-electron chi connectivity index (χ1n) is 11.3. The van der Waals surface area contributed by atoms with E-state index in [9.17, 15) is 13.2 Å². The minimum atomic E-state index is -3.99. The summed E-state index contributed by atoms with van der Waals surface area (Å²) in [5.74, 6) is 0.968. The number of hydrogen-bond acceptors (Lipinski definition) is 4. The molecular formula is C24H36N4O3S. The summed E-state index contributed by atoms with van der Waals surface area (Å²) < 4.78 is 30.5. The van der Waals surface area contributed by atoms with Crippen molar-refractivity contribution < 1.29 is 13.2 Å². The molecular weight excluding hydrogens is 424 g/mol. The van der Waals surface area contributed by atoms with Crippen molar-refractivity contribution in [1.29, 1.82) is 0 Å². The predicted octanol–water partition coefficient (Wildman–Crippen LogP) is 3.86. The zero-order chi connectivity index (χ0) is 23.8. The van der Waals surface area contributed by atoms with Crippen molar-refractivity contribution in [2.75, 3.05) is 23.9 Å². The molecule has 32 heavy (non-hydrogen) atoms. The molecule has 0 unspecified atom stereocenters. The second-order valence-electron chi connectivity index (χ2n) is 9.63. The molecule has 3 rings (SSSR count). The van der Waals surface area contributed by atoms with Gasteiger partial charge in [-0.05, 0) is 55.7 Å². The lowest BCUT2D eigenvalue weighted by atomic mass is 9.92. The molecule has 1 aliphatic rings. The highest BCUT2D eigenvalue weighted by atomic mass is 32.2. The van der Waals surface area contributed by atoms with E-state index in [1.165, 1.54) is 4.31 Å². The van der Waals surface area contributed by atoms with Crippen LogP contribution in [0.25, 0.3) is 0 Å². The number of aromatic nitrogens is 2. The maximum absolute atomic E-state index is 13.9. The number of hydrogen-bond donors (Lipinski definition) is 0. The Morgan fingerprint density at radius 1 is 1.12 bits per heavy atom. The van der Waals surface area contributed by atoms with Gasteiger partial charge in [0.2, 0.25) is 5.91 Å². The van der Waals surface area contributed by atoms with Crippen LogP contribution in [-0.4, -0.2) is 48.6 Å². The first-order valence-corrected chi connectivity index (χ1v) is 12.8. The fourth-order valence-electron chi connectivity index (χ4n) is 4.67. The smallest absolute Gasteiger partial charge is 0.268 e. The lowest BCUT2D eigenvalue weighted by molar-refractivity contribution is -0.132. The van der Waals surface area contributed by atoms with Gasteiger partial charge in [0, 0.05) is 20.1 Å². The Balaban J connectivity index is 2.02. The molecule has 7 nitrogen and oxygen atoms in total. The minimum absolute atomic E-state index is 0.167. The summed E-state index contributed by atoms with van der Waals surface area (Å²) in [6.07, 6.45) is 1.08. The van der Waals surface area contributed by atoms with Crippen LogP contribution in [0.2, 0.25) is 0 Å². The van der Waals surface area contributed by atoms with E-state index in [0.717, 1.165) is 12.0 Å². The van der Waals surface area contributed by atoms with Gasteiger partial charge in [0.15, 0.2) is 0 Å². The summed E-state index contributed by atoms with van der Waals surface area (Å²) in [4.78, 5) is 15.3. The van der Waals surface area contributed by atoms with Crippen LogP contribution in [0, 0.1) is 25.7 Å². The molecule has 1 fully saturated rings. The summed E-state index contributed by atoms with van der Waals surface area (Å²) >= 11 is 0. The van der Waals surface area contributed by atoms with E-state index in [1.54, 1.807) is 37.7 Å². The molecule has 0 saturated carbocycles. The average Bonchev–Trinajstić information content (AvgIpc) is 2.97. The maximum Gasteiger partial charge on any atom is 0.268 e. The van der Waals surface area contributed by atoms with E-state index >= 15 is 0 Å². The molecule has 0 bridgehead atoms. The summed E-state index contributed by atoms with van der Waals surface area (Å²) in [5, 5.41) is 4.29. The Morgan fingerprint density at radius 3 is 2.16 bits per heavy atom. The molecule has 1 aromatic heterocycles.